The molecule has 1 aromatic rings. The van der Waals surface area contributed by atoms with E-state index in [1.54, 1.807) is 18.2 Å². The van der Waals surface area contributed by atoms with E-state index in [1.165, 1.54) is 19.4 Å². The predicted octanol–water partition coefficient (Wildman–Crippen LogP) is 3.69. The second kappa shape index (κ2) is 5.24. The Hall–Kier alpha value is -2.15. The summed E-state index contributed by atoms with van der Waals surface area (Å²) in [7, 11) is 1.51. The summed E-state index contributed by atoms with van der Waals surface area (Å²) in [6.07, 6.45) is 2.70. The van der Waals surface area contributed by atoms with Crippen molar-refractivity contribution in [2.75, 3.05) is 7.11 Å². The molecule has 116 valence electrons. The maximum Gasteiger partial charge on any atom is 0.435 e. The predicted molar refractivity (Wildman–Crippen MR) is 73.5 cm³/mol. The highest BCUT2D eigenvalue weighted by Crippen LogP contribution is 2.34. The molecular formula is C14H10ClF3N2O2. The van der Waals surface area contributed by atoms with E-state index in [-0.39, 0.29) is 5.88 Å². The highest BCUT2D eigenvalue weighted by Gasteiger charge is 2.34. The van der Waals surface area contributed by atoms with E-state index in [0.717, 1.165) is 10.7 Å². The van der Waals surface area contributed by atoms with E-state index < -0.39 is 18.0 Å². The third-order valence-corrected chi connectivity index (χ3v) is 3.49. The molecule has 0 saturated heterocycles. The molecule has 2 aliphatic rings. The monoisotopic (exact) mass is 330 g/mol. The summed E-state index contributed by atoms with van der Waals surface area (Å²) in [6.45, 7) is 0. The van der Waals surface area contributed by atoms with E-state index in [2.05, 4.69) is 5.10 Å². The van der Waals surface area contributed by atoms with Crippen molar-refractivity contribution >= 4 is 17.5 Å². The zero-order valence-corrected chi connectivity index (χ0v) is 12.0. The van der Waals surface area contributed by atoms with Gasteiger partial charge in [-0.1, -0.05) is 11.6 Å². The topological polar surface area (TPSA) is 36.3 Å². The van der Waals surface area contributed by atoms with E-state index >= 15 is 0 Å². The number of rotatable bonds is 2. The maximum atomic E-state index is 12.6. The van der Waals surface area contributed by atoms with Crippen molar-refractivity contribution in [3.05, 3.63) is 58.6 Å². The van der Waals surface area contributed by atoms with Crippen molar-refractivity contribution < 1.29 is 22.6 Å². The molecule has 0 amide bonds. The minimum atomic E-state index is -4.51. The fourth-order valence-corrected chi connectivity index (χ4v) is 2.35. The maximum absolute atomic E-state index is 12.6. The normalized spacial score (nSPS) is 21.0. The van der Waals surface area contributed by atoms with Crippen LogP contribution < -0.4 is 0 Å². The van der Waals surface area contributed by atoms with Crippen LogP contribution in [0.1, 0.15) is 5.69 Å². The van der Waals surface area contributed by atoms with Crippen LogP contribution in [0.15, 0.2) is 52.9 Å². The van der Waals surface area contributed by atoms with Gasteiger partial charge in [-0.3, -0.25) is 0 Å². The Morgan fingerprint density at radius 2 is 2.14 bits per heavy atom. The second-order valence-corrected chi connectivity index (χ2v) is 4.98. The smallest absolute Gasteiger partial charge is 0.435 e. The molecule has 2 heterocycles. The summed E-state index contributed by atoms with van der Waals surface area (Å²) in [5, 5.41) is 3.84. The largest absolute Gasteiger partial charge is 0.497 e. The van der Waals surface area contributed by atoms with Crippen LogP contribution in [-0.2, 0) is 15.7 Å². The van der Waals surface area contributed by atoms with Crippen molar-refractivity contribution in [3.8, 4) is 0 Å². The molecule has 1 aromatic heterocycles. The van der Waals surface area contributed by atoms with Gasteiger partial charge in [-0.15, -0.1) is 0 Å². The van der Waals surface area contributed by atoms with Gasteiger partial charge in [0.1, 0.15) is 11.9 Å². The first-order valence-corrected chi connectivity index (χ1v) is 6.61. The SMILES string of the molecule is COC1=CC2OC(n3ccc(C(F)(F)F)n3)=CC(Cl)=C2C=C1. The molecule has 0 N–H and O–H groups in total. The molecule has 22 heavy (non-hydrogen) atoms. The van der Waals surface area contributed by atoms with Crippen molar-refractivity contribution in [3.63, 3.8) is 0 Å². The third kappa shape index (κ3) is 2.64. The lowest BCUT2D eigenvalue weighted by Gasteiger charge is -2.26. The molecular weight excluding hydrogens is 321 g/mol. The standard InChI is InChI=1S/C14H10ClF3N2O2/c1-21-8-2-3-9-10(15)7-13(22-11(9)6-8)20-5-4-12(19-20)14(16,17)18/h2-7,11H,1H3. The fraction of sp³-hybridized carbons (Fsp3) is 0.214. The molecule has 1 atom stereocenters. The summed E-state index contributed by atoms with van der Waals surface area (Å²) < 4.78 is 49.6. The van der Waals surface area contributed by atoms with Gasteiger partial charge < -0.3 is 9.47 Å². The molecule has 0 bridgehead atoms. The zero-order valence-electron chi connectivity index (χ0n) is 11.3. The van der Waals surface area contributed by atoms with Crippen molar-refractivity contribution in [2.24, 2.45) is 0 Å². The molecule has 3 rings (SSSR count). The molecule has 0 saturated carbocycles. The number of nitrogens with zero attached hydrogens (tertiary/aromatic N) is 2. The number of halogens is 4. The lowest BCUT2D eigenvalue weighted by Crippen LogP contribution is -2.21. The molecule has 0 aromatic carbocycles. The van der Waals surface area contributed by atoms with Crippen LogP contribution in [-0.4, -0.2) is 23.0 Å². The summed E-state index contributed by atoms with van der Waals surface area (Å²) in [5.74, 6) is 0.687. The van der Waals surface area contributed by atoms with Crippen LogP contribution in [0.25, 0.3) is 5.88 Å². The Morgan fingerprint density at radius 3 is 2.77 bits per heavy atom. The average molecular weight is 331 g/mol. The number of hydrogen-bond acceptors (Lipinski definition) is 3. The van der Waals surface area contributed by atoms with Crippen LogP contribution >= 0.6 is 11.6 Å². The average Bonchev–Trinajstić information content (AvgIpc) is 2.96. The lowest BCUT2D eigenvalue weighted by molar-refractivity contribution is -0.141. The molecule has 1 aliphatic heterocycles. The van der Waals surface area contributed by atoms with E-state index in [4.69, 9.17) is 21.1 Å². The summed E-state index contributed by atoms with van der Waals surface area (Å²) in [4.78, 5) is 0. The number of hydrogen-bond donors (Lipinski definition) is 0. The number of fused-ring (bicyclic) bond motifs is 1. The van der Waals surface area contributed by atoms with E-state index in [1.807, 2.05) is 0 Å². The van der Waals surface area contributed by atoms with Gasteiger partial charge in [0.2, 0.25) is 5.88 Å². The van der Waals surface area contributed by atoms with Gasteiger partial charge in [0.25, 0.3) is 0 Å². The van der Waals surface area contributed by atoms with Crippen LogP contribution in [0.4, 0.5) is 13.2 Å². The van der Waals surface area contributed by atoms with Gasteiger partial charge in [0.15, 0.2) is 5.69 Å². The Kier molecular flexibility index (Phi) is 3.52. The van der Waals surface area contributed by atoms with Crippen LogP contribution in [0.2, 0.25) is 0 Å². The molecule has 4 nitrogen and oxygen atoms in total. The van der Waals surface area contributed by atoms with Crippen molar-refractivity contribution in [1.82, 2.24) is 9.78 Å². The number of aromatic nitrogens is 2. The summed E-state index contributed by atoms with van der Waals surface area (Å²) >= 11 is 6.16. The quantitative estimate of drug-likeness (QED) is 0.829. The number of ether oxygens (including phenoxy) is 2. The fourth-order valence-electron chi connectivity index (χ4n) is 2.08. The van der Waals surface area contributed by atoms with Crippen molar-refractivity contribution in [2.45, 2.75) is 12.3 Å². The van der Waals surface area contributed by atoms with Gasteiger partial charge in [0.05, 0.1) is 12.1 Å². The highest BCUT2D eigenvalue weighted by molar-refractivity contribution is 6.32. The van der Waals surface area contributed by atoms with E-state index in [9.17, 15) is 13.2 Å². The Labute approximate surface area is 128 Å². The van der Waals surface area contributed by atoms with Crippen molar-refractivity contribution in [1.29, 1.82) is 0 Å². The lowest BCUT2D eigenvalue weighted by atomic mass is 10.0. The first-order chi connectivity index (χ1) is 10.4. The minimum absolute atomic E-state index is 0.108. The Morgan fingerprint density at radius 1 is 1.36 bits per heavy atom. The van der Waals surface area contributed by atoms with E-state index in [0.29, 0.717) is 16.4 Å². The second-order valence-electron chi connectivity index (χ2n) is 4.57. The first kappa shape index (κ1) is 14.8. The number of methoxy groups -OCH3 is 1. The first-order valence-electron chi connectivity index (χ1n) is 6.23. The molecule has 1 unspecified atom stereocenters. The Bertz CT molecular complexity index is 729. The molecule has 8 heteroatoms. The summed E-state index contributed by atoms with van der Waals surface area (Å²) in [6, 6.07) is 0.870. The van der Waals surface area contributed by atoms with Crippen LogP contribution in [0, 0.1) is 0 Å². The molecule has 0 fully saturated rings. The highest BCUT2D eigenvalue weighted by atomic mass is 35.5. The molecule has 1 aliphatic carbocycles. The Balaban J connectivity index is 1.94. The number of alkyl halides is 3. The van der Waals surface area contributed by atoms with Gasteiger partial charge in [-0.2, -0.15) is 18.3 Å². The van der Waals surface area contributed by atoms with Gasteiger partial charge >= 0.3 is 6.18 Å². The molecule has 0 radical (unpaired) electrons. The zero-order chi connectivity index (χ0) is 15.9. The van der Waals surface area contributed by atoms with Gasteiger partial charge in [0, 0.05) is 23.9 Å². The summed E-state index contributed by atoms with van der Waals surface area (Å²) in [5.41, 5.74) is -0.297. The minimum Gasteiger partial charge on any atom is -0.497 e. The third-order valence-electron chi connectivity index (χ3n) is 3.16. The van der Waals surface area contributed by atoms with Crippen LogP contribution in [0.5, 0.6) is 0 Å². The van der Waals surface area contributed by atoms with Gasteiger partial charge in [-0.05, 0) is 18.2 Å². The molecule has 0 spiro atoms. The van der Waals surface area contributed by atoms with Crippen LogP contribution in [0.3, 0.4) is 0 Å². The number of allylic oxidation sites excluding steroid dienone is 3. The van der Waals surface area contributed by atoms with Gasteiger partial charge in [-0.25, -0.2) is 4.68 Å².